The SMILES string of the molecule is CCOC(=O)c1ccc(-c2noc(CC)n2)cc1. The zero-order chi connectivity index (χ0) is 13.0. The van der Waals surface area contributed by atoms with Crippen LogP contribution in [0.15, 0.2) is 28.8 Å². The number of aryl methyl sites for hydroxylation is 1. The van der Waals surface area contributed by atoms with E-state index in [0.717, 1.165) is 5.56 Å². The van der Waals surface area contributed by atoms with Gasteiger partial charge in [0, 0.05) is 12.0 Å². The molecule has 0 aliphatic carbocycles. The molecule has 1 aromatic heterocycles. The van der Waals surface area contributed by atoms with Crippen LogP contribution in [0.4, 0.5) is 0 Å². The zero-order valence-electron chi connectivity index (χ0n) is 10.3. The van der Waals surface area contributed by atoms with E-state index < -0.39 is 0 Å². The van der Waals surface area contributed by atoms with E-state index in [2.05, 4.69) is 10.1 Å². The summed E-state index contributed by atoms with van der Waals surface area (Å²) in [4.78, 5) is 15.7. The minimum Gasteiger partial charge on any atom is -0.462 e. The minimum absolute atomic E-state index is 0.327. The first-order valence-electron chi connectivity index (χ1n) is 5.84. The standard InChI is InChI=1S/C13H14N2O3/c1-3-11-14-12(15-18-11)9-5-7-10(8-6-9)13(16)17-4-2/h5-8H,3-4H2,1-2H3. The number of hydrogen-bond acceptors (Lipinski definition) is 5. The average Bonchev–Trinajstić information content (AvgIpc) is 2.88. The Hall–Kier alpha value is -2.17. The Morgan fingerprint density at radius 3 is 2.56 bits per heavy atom. The Morgan fingerprint density at radius 1 is 1.28 bits per heavy atom. The molecule has 1 aromatic carbocycles. The molecular formula is C13H14N2O3. The Kier molecular flexibility index (Phi) is 3.72. The summed E-state index contributed by atoms with van der Waals surface area (Å²) < 4.78 is 9.94. The zero-order valence-corrected chi connectivity index (χ0v) is 10.3. The molecule has 0 atom stereocenters. The quantitative estimate of drug-likeness (QED) is 0.775. The Labute approximate surface area is 105 Å². The van der Waals surface area contributed by atoms with E-state index in [1.165, 1.54) is 0 Å². The second-order valence-corrected chi connectivity index (χ2v) is 3.66. The van der Waals surface area contributed by atoms with Gasteiger partial charge in [-0.3, -0.25) is 0 Å². The van der Waals surface area contributed by atoms with E-state index in [4.69, 9.17) is 9.26 Å². The van der Waals surface area contributed by atoms with Crippen LogP contribution in [0.3, 0.4) is 0 Å². The number of carbonyl (C=O) groups excluding carboxylic acids is 1. The number of carbonyl (C=O) groups is 1. The van der Waals surface area contributed by atoms with Crippen LogP contribution in [0.25, 0.3) is 11.4 Å². The lowest BCUT2D eigenvalue weighted by atomic mass is 10.1. The van der Waals surface area contributed by atoms with Crippen LogP contribution in [0.2, 0.25) is 0 Å². The first-order chi connectivity index (χ1) is 8.74. The number of esters is 1. The van der Waals surface area contributed by atoms with Gasteiger partial charge >= 0.3 is 5.97 Å². The summed E-state index contributed by atoms with van der Waals surface area (Å²) in [6, 6.07) is 6.93. The van der Waals surface area contributed by atoms with Crippen LogP contribution >= 0.6 is 0 Å². The van der Waals surface area contributed by atoms with E-state index in [0.29, 0.717) is 30.3 Å². The number of aromatic nitrogens is 2. The third kappa shape index (κ3) is 2.56. The molecule has 0 fully saturated rings. The van der Waals surface area contributed by atoms with Gasteiger partial charge < -0.3 is 9.26 Å². The normalized spacial score (nSPS) is 10.3. The smallest absolute Gasteiger partial charge is 0.338 e. The van der Waals surface area contributed by atoms with Crippen LogP contribution < -0.4 is 0 Å². The van der Waals surface area contributed by atoms with Gasteiger partial charge in [-0.25, -0.2) is 4.79 Å². The fraction of sp³-hybridized carbons (Fsp3) is 0.308. The van der Waals surface area contributed by atoms with Crippen molar-refractivity contribution < 1.29 is 14.1 Å². The van der Waals surface area contributed by atoms with Gasteiger partial charge in [0.15, 0.2) is 0 Å². The monoisotopic (exact) mass is 246 g/mol. The predicted molar refractivity (Wildman–Crippen MR) is 65.1 cm³/mol. The minimum atomic E-state index is -0.327. The number of nitrogens with zero attached hydrogens (tertiary/aromatic N) is 2. The number of benzene rings is 1. The van der Waals surface area contributed by atoms with Crippen molar-refractivity contribution in [3.05, 3.63) is 35.7 Å². The molecule has 5 heteroatoms. The summed E-state index contributed by atoms with van der Waals surface area (Å²) in [7, 11) is 0. The third-order valence-electron chi connectivity index (χ3n) is 2.42. The largest absolute Gasteiger partial charge is 0.462 e. The maximum absolute atomic E-state index is 11.5. The molecule has 0 spiro atoms. The maximum atomic E-state index is 11.5. The topological polar surface area (TPSA) is 65.2 Å². The van der Waals surface area contributed by atoms with Crippen molar-refractivity contribution in [2.45, 2.75) is 20.3 Å². The van der Waals surface area contributed by atoms with Gasteiger partial charge in [0.05, 0.1) is 12.2 Å². The molecule has 1 heterocycles. The first kappa shape index (κ1) is 12.3. The predicted octanol–water partition coefficient (Wildman–Crippen LogP) is 2.48. The van der Waals surface area contributed by atoms with Crippen molar-refractivity contribution in [2.75, 3.05) is 6.61 Å². The second-order valence-electron chi connectivity index (χ2n) is 3.66. The summed E-state index contributed by atoms with van der Waals surface area (Å²) >= 11 is 0. The van der Waals surface area contributed by atoms with Crippen molar-refractivity contribution in [3.63, 3.8) is 0 Å². The molecule has 0 saturated heterocycles. The number of ether oxygens (including phenoxy) is 1. The van der Waals surface area contributed by atoms with Gasteiger partial charge in [0.1, 0.15) is 0 Å². The second kappa shape index (κ2) is 5.44. The molecular weight excluding hydrogens is 232 g/mol. The molecule has 5 nitrogen and oxygen atoms in total. The van der Waals surface area contributed by atoms with Crippen LogP contribution in [-0.2, 0) is 11.2 Å². The Bertz CT molecular complexity index is 531. The molecule has 18 heavy (non-hydrogen) atoms. The molecule has 0 unspecified atom stereocenters. The summed E-state index contributed by atoms with van der Waals surface area (Å²) in [6.45, 7) is 4.09. The molecule has 0 bridgehead atoms. The van der Waals surface area contributed by atoms with Gasteiger partial charge in [-0.05, 0) is 19.1 Å². The van der Waals surface area contributed by atoms with E-state index >= 15 is 0 Å². The molecule has 2 aromatic rings. The van der Waals surface area contributed by atoms with Crippen molar-refractivity contribution >= 4 is 5.97 Å². The lowest BCUT2D eigenvalue weighted by Crippen LogP contribution is -2.04. The molecule has 0 radical (unpaired) electrons. The molecule has 0 amide bonds. The van der Waals surface area contributed by atoms with Gasteiger partial charge in [-0.1, -0.05) is 24.2 Å². The average molecular weight is 246 g/mol. The summed E-state index contributed by atoms with van der Waals surface area (Å²) in [6.07, 6.45) is 0.702. The Balaban J connectivity index is 2.19. The van der Waals surface area contributed by atoms with Gasteiger partial charge in [0.25, 0.3) is 0 Å². The molecule has 2 rings (SSSR count). The van der Waals surface area contributed by atoms with Crippen LogP contribution in [-0.4, -0.2) is 22.7 Å². The molecule has 0 aliphatic rings. The van der Waals surface area contributed by atoms with E-state index in [1.54, 1.807) is 31.2 Å². The highest BCUT2D eigenvalue weighted by molar-refractivity contribution is 5.89. The Morgan fingerprint density at radius 2 is 2.00 bits per heavy atom. The van der Waals surface area contributed by atoms with Gasteiger partial charge in [0.2, 0.25) is 11.7 Å². The highest BCUT2D eigenvalue weighted by Crippen LogP contribution is 2.17. The van der Waals surface area contributed by atoms with Gasteiger partial charge in [-0.15, -0.1) is 0 Å². The highest BCUT2D eigenvalue weighted by atomic mass is 16.5. The van der Waals surface area contributed by atoms with Crippen LogP contribution in [0.5, 0.6) is 0 Å². The molecule has 94 valence electrons. The molecule has 0 saturated carbocycles. The van der Waals surface area contributed by atoms with Gasteiger partial charge in [-0.2, -0.15) is 4.98 Å². The summed E-state index contributed by atoms with van der Waals surface area (Å²) in [5.74, 6) is 0.799. The molecule has 0 aliphatic heterocycles. The summed E-state index contributed by atoms with van der Waals surface area (Å²) in [5.41, 5.74) is 1.33. The first-order valence-corrected chi connectivity index (χ1v) is 5.84. The van der Waals surface area contributed by atoms with Crippen LogP contribution in [0.1, 0.15) is 30.1 Å². The van der Waals surface area contributed by atoms with Crippen molar-refractivity contribution in [1.82, 2.24) is 10.1 Å². The van der Waals surface area contributed by atoms with Crippen molar-refractivity contribution in [2.24, 2.45) is 0 Å². The maximum Gasteiger partial charge on any atom is 0.338 e. The highest BCUT2D eigenvalue weighted by Gasteiger charge is 2.09. The number of hydrogen-bond donors (Lipinski definition) is 0. The lowest BCUT2D eigenvalue weighted by molar-refractivity contribution is 0.0526. The fourth-order valence-electron chi connectivity index (χ4n) is 1.49. The fourth-order valence-corrected chi connectivity index (χ4v) is 1.49. The van der Waals surface area contributed by atoms with Crippen molar-refractivity contribution in [3.8, 4) is 11.4 Å². The van der Waals surface area contributed by atoms with E-state index in [1.807, 2.05) is 6.92 Å². The van der Waals surface area contributed by atoms with Crippen LogP contribution in [0, 0.1) is 0 Å². The lowest BCUT2D eigenvalue weighted by Gasteiger charge is -2.01. The molecule has 0 N–H and O–H groups in total. The third-order valence-corrected chi connectivity index (χ3v) is 2.42. The van der Waals surface area contributed by atoms with E-state index in [9.17, 15) is 4.79 Å². The van der Waals surface area contributed by atoms with Crippen molar-refractivity contribution in [1.29, 1.82) is 0 Å². The summed E-state index contributed by atoms with van der Waals surface area (Å²) in [5, 5.41) is 3.87. The van der Waals surface area contributed by atoms with E-state index in [-0.39, 0.29) is 5.97 Å². The number of rotatable bonds is 4.